The number of rotatable bonds is 19. The number of nitrogens with zero attached hydrogens (tertiary/aromatic N) is 7. The highest BCUT2D eigenvalue weighted by molar-refractivity contribution is 7.88. The van der Waals surface area contributed by atoms with Crippen LogP contribution in [0, 0.1) is 41.5 Å². The molecule has 131 heavy (non-hydrogen) atoms. The third kappa shape index (κ3) is 21.6. The second-order valence-corrected chi connectivity index (χ2v) is 36.9. The quantitative estimate of drug-likeness (QED) is 0.00680. The molecule has 12 aromatic carbocycles. The molecule has 2 heterocycles. The van der Waals surface area contributed by atoms with Crippen LogP contribution in [-0.2, 0) is 94.2 Å². The molecule has 12 aromatic rings. The number of phenols is 3. The fourth-order valence-corrected chi connectivity index (χ4v) is 17.6. The number of phenolic OH excluding ortho intramolecular Hbond substituents is 3. The van der Waals surface area contributed by atoms with Gasteiger partial charge < -0.3 is 53.4 Å². The van der Waals surface area contributed by atoms with Crippen molar-refractivity contribution in [3.8, 4) is 50.6 Å². The van der Waals surface area contributed by atoms with Gasteiger partial charge in [0.15, 0.2) is 17.2 Å². The number of carboxylic acid groups (broad SMARTS) is 1. The van der Waals surface area contributed by atoms with Gasteiger partial charge in [0.2, 0.25) is 5.91 Å². The Hall–Kier alpha value is -15.3. The number of hydrogen-bond donors (Lipinski definition) is 15. The molecule has 676 valence electrons. The molecule has 0 bridgehead atoms. The third-order valence-corrected chi connectivity index (χ3v) is 25.0. The first kappa shape index (κ1) is 96.4. The van der Waals surface area contributed by atoms with Crippen LogP contribution in [0.15, 0.2) is 260 Å². The lowest BCUT2D eigenvalue weighted by molar-refractivity contribution is -0.150. The summed E-state index contributed by atoms with van der Waals surface area (Å²) in [5, 5.41) is 66.0. The summed E-state index contributed by atoms with van der Waals surface area (Å²) in [5.41, 5.74) is 33.5. The molecule has 0 radical (unpaired) electrons. The highest BCUT2D eigenvalue weighted by atomic mass is 32.2. The third-order valence-electron chi connectivity index (χ3n) is 19.6. The summed E-state index contributed by atoms with van der Waals surface area (Å²) in [6.07, 6.45) is 6.24. The predicted octanol–water partition coefficient (Wildman–Crippen LogP) is 14.2. The van der Waals surface area contributed by atoms with Gasteiger partial charge in [-0.2, -0.15) is 65.8 Å². The Bertz CT molecular complexity index is 7890. The molecule has 0 aromatic heterocycles. The van der Waals surface area contributed by atoms with Crippen molar-refractivity contribution in [2.45, 2.75) is 70.9 Å². The number of aliphatic carboxylic acids is 1. The topological polar surface area (TPSA) is 712 Å². The van der Waals surface area contributed by atoms with E-state index >= 15 is 0 Å². The standard InChI is InChI=1S/C28H24N4O10S2.C28H22N4O9S2.C24H22N4O7S2.C4H2O3/c1-14-11-16(3-6-19(14)30-24(33)9-10-25(34)35)17-4-7-20(15(2)12-17)31-32-21-8-5-18-22(43(37,38)39)13-23(44(40,41)42)27(29)26(18)28(21)36;1-14-11-16(17-4-8-21(15(2)12-17)32-24(33)9-10-25(32)34)3-6-19(14)30-31-20-7-5-18-22(42(36,37)38)13-23(43(39,40)41)27(29)26(18)28(20)35;1-12-9-14(3-6-17(12)25)15-4-7-18(13(2)10-15)27-28-19-8-5-16-20(36(30,31)32)11-21(37(33,34)35)23(26)22(16)24(19)29;5-3-1-2-4(6)7-3/h3-13,36H,29H2,1-2H3,(H,30,33)(H,34,35)(H,37,38,39)(H,40,41,42);3-13,35H,29H2,1-2H3,(H,36,37,38)(H,39,40,41);3-11,29H,25-26H2,1-2H3,(H,30,31,32)(H,33,34,35);1-2H/b10-9-,32-31?;;;. The maximum absolute atomic E-state index is 12.1. The molecule has 0 saturated heterocycles. The molecule has 0 fully saturated rings. The van der Waals surface area contributed by atoms with Crippen molar-refractivity contribution in [1.29, 1.82) is 0 Å². The van der Waals surface area contributed by atoms with E-state index in [0.717, 1.165) is 91.4 Å². The molecule has 3 amide bonds. The molecule has 0 spiro atoms. The fourth-order valence-electron chi connectivity index (χ4n) is 13.2. The number of cyclic esters (lactones) is 2. The number of carbonyl (C=O) groups is 6. The summed E-state index contributed by atoms with van der Waals surface area (Å²) < 4.78 is 203. The van der Waals surface area contributed by atoms with E-state index in [4.69, 9.17) is 28.0 Å². The molecule has 2 aliphatic rings. The number of imide groups is 1. The van der Waals surface area contributed by atoms with E-state index < -0.39 is 176 Å². The monoisotopic (exact) mass is 1900 g/mol. The van der Waals surface area contributed by atoms with Crippen LogP contribution < -0.4 is 33.2 Å². The van der Waals surface area contributed by atoms with E-state index in [1.165, 1.54) is 36.4 Å². The van der Waals surface area contributed by atoms with Gasteiger partial charge in [0.25, 0.3) is 72.5 Å². The van der Waals surface area contributed by atoms with Crippen molar-refractivity contribution in [3.05, 3.63) is 234 Å². The number of nitrogens with two attached hydrogens (primary N) is 4. The Morgan fingerprint density at radius 3 is 0.908 bits per heavy atom. The largest absolute Gasteiger partial charge is 0.505 e. The molecule has 19 N–H and O–H groups in total. The van der Waals surface area contributed by atoms with Gasteiger partial charge in [-0.1, -0.05) is 54.6 Å². The van der Waals surface area contributed by atoms with Crippen LogP contribution in [0.5, 0.6) is 17.2 Å². The van der Waals surface area contributed by atoms with Gasteiger partial charge in [-0.15, -0.1) is 15.3 Å². The number of hydrogen-bond acceptors (Lipinski definition) is 32. The first-order valence-electron chi connectivity index (χ1n) is 37.0. The van der Waals surface area contributed by atoms with Gasteiger partial charge in [0.1, 0.15) is 46.4 Å². The summed E-state index contributed by atoms with van der Waals surface area (Å²) in [6.45, 7) is 10.8. The van der Waals surface area contributed by atoms with Crippen LogP contribution >= 0.6 is 0 Å². The molecule has 0 unspecified atom stereocenters. The zero-order valence-corrected chi connectivity index (χ0v) is 73.1. The zero-order valence-electron chi connectivity index (χ0n) is 68.2. The summed E-state index contributed by atoms with van der Waals surface area (Å²) in [4.78, 5) is 61.8. The Kier molecular flexibility index (Phi) is 27.4. The van der Waals surface area contributed by atoms with Crippen molar-refractivity contribution < 1.29 is 132 Å². The zero-order chi connectivity index (χ0) is 96.5. The van der Waals surface area contributed by atoms with Crippen molar-refractivity contribution >= 4 is 197 Å². The van der Waals surface area contributed by atoms with E-state index in [0.29, 0.717) is 69.0 Å². The minimum absolute atomic E-state index is 0.161. The maximum atomic E-state index is 12.1. The number of benzene rings is 12. The Morgan fingerprint density at radius 1 is 0.344 bits per heavy atom. The van der Waals surface area contributed by atoms with Crippen LogP contribution in [0.1, 0.15) is 33.4 Å². The molecule has 14 rings (SSSR count). The molecule has 0 atom stereocenters. The van der Waals surface area contributed by atoms with Gasteiger partial charge in [-0.25, -0.2) is 19.3 Å². The number of azo groups is 3. The van der Waals surface area contributed by atoms with Gasteiger partial charge in [-0.05, 0) is 217 Å². The number of fused-ring (bicyclic) bond motifs is 3. The van der Waals surface area contributed by atoms with Gasteiger partial charge >= 0.3 is 17.9 Å². The van der Waals surface area contributed by atoms with Crippen molar-refractivity contribution in [2.24, 2.45) is 30.7 Å². The molecular weight excluding hydrogens is 1830 g/mol. The van der Waals surface area contributed by atoms with Gasteiger partial charge in [0.05, 0.1) is 56.0 Å². The molecule has 41 nitrogen and oxygen atoms in total. The van der Waals surface area contributed by atoms with E-state index in [-0.39, 0.29) is 33.2 Å². The second-order valence-electron chi connectivity index (χ2n) is 28.6. The molecule has 47 heteroatoms. The number of anilines is 6. The number of amides is 3. The normalized spacial score (nSPS) is 13.2. The average Bonchev–Trinajstić information content (AvgIpc) is 1.52. The highest BCUT2D eigenvalue weighted by Crippen LogP contribution is 2.48. The van der Waals surface area contributed by atoms with E-state index in [9.17, 15) is 122 Å². The van der Waals surface area contributed by atoms with Crippen molar-refractivity contribution in [3.63, 3.8) is 0 Å². The predicted molar refractivity (Wildman–Crippen MR) is 477 cm³/mol. The highest BCUT2D eigenvalue weighted by Gasteiger charge is 2.32. The van der Waals surface area contributed by atoms with E-state index in [1.54, 1.807) is 82.3 Å². The summed E-state index contributed by atoms with van der Waals surface area (Å²) in [5.74, 6) is -5.98. The Labute approximate surface area is 742 Å². The minimum atomic E-state index is -5.05. The average molecular weight is 1900 g/mol. The van der Waals surface area contributed by atoms with Gasteiger partial charge in [-0.3, -0.25) is 41.7 Å². The first-order chi connectivity index (χ1) is 61.0. The first-order valence-corrected chi connectivity index (χ1v) is 45.6. The van der Waals surface area contributed by atoms with Crippen LogP contribution in [-0.4, -0.2) is 134 Å². The molecular formula is C84H70N12O29S6. The Balaban J connectivity index is 0.000000183. The van der Waals surface area contributed by atoms with Gasteiger partial charge in [0, 0.05) is 64.0 Å². The molecule has 2 aliphatic heterocycles. The SMILES string of the molecule is Cc1cc(-c2ccc(N3C(=O)C=CC3=O)c(C)c2)ccc1N=Nc1ccc2c(S(=O)(=O)O)cc(S(=O)(=O)O)c(N)c2c1O.Cc1cc(-c2ccc(N=Nc3ccc4c(S(=O)(=O)O)cc(S(=O)(=O)O)c(N)c4c3O)c(C)c2)ccc1N.Cc1cc(-c2ccc(NC(=O)/C=C\C(=O)O)c(C)c2)ccc1N=Nc1ccc2c(S(=O)(=O)O)cc(S(=O)(=O)O)c(N)c2c1O.O=C1C=CC(=O)O1. The number of carboxylic acids is 1. The second kappa shape index (κ2) is 37.2. The van der Waals surface area contributed by atoms with Crippen LogP contribution in [0.25, 0.3) is 65.7 Å². The molecule has 0 saturated carbocycles. The number of nitrogens with one attached hydrogen (secondary N) is 1. The van der Waals surface area contributed by atoms with E-state index in [1.807, 2.05) is 68.4 Å². The summed E-state index contributed by atoms with van der Waals surface area (Å²) in [6, 6.07) is 40.7. The van der Waals surface area contributed by atoms with Crippen molar-refractivity contribution in [2.75, 3.05) is 33.2 Å². The Morgan fingerprint density at radius 2 is 0.626 bits per heavy atom. The fraction of sp³-hybridized carbons (Fsp3) is 0.0714. The maximum Gasteiger partial charge on any atom is 0.338 e. The van der Waals surface area contributed by atoms with E-state index in [2.05, 4.69) is 40.7 Å². The summed E-state index contributed by atoms with van der Waals surface area (Å²) in [7, 11) is -30.0. The lowest BCUT2D eigenvalue weighted by Gasteiger charge is -2.17. The number of carbonyl (C=O) groups excluding carboxylic acids is 5. The number of esters is 2. The van der Waals surface area contributed by atoms with Crippen LogP contribution in [0.2, 0.25) is 0 Å². The summed E-state index contributed by atoms with van der Waals surface area (Å²) >= 11 is 0. The smallest absolute Gasteiger partial charge is 0.338 e. The van der Waals surface area contributed by atoms with Crippen LogP contribution in [0.3, 0.4) is 0 Å². The van der Waals surface area contributed by atoms with Crippen molar-refractivity contribution in [1.82, 2.24) is 0 Å². The van der Waals surface area contributed by atoms with Crippen LogP contribution in [0.4, 0.5) is 68.2 Å². The lowest BCUT2D eigenvalue weighted by Crippen LogP contribution is -2.30. The number of aromatic hydroxyl groups is 3. The minimum Gasteiger partial charge on any atom is -0.505 e. The number of ether oxygens (including phenoxy) is 1. The lowest BCUT2D eigenvalue weighted by atomic mass is 9.99. The number of nitrogen functional groups attached to an aromatic ring is 4. The number of aryl methyl sites for hydroxylation is 6. The molecule has 0 aliphatic carbocycles.